The van der Waals surface area contributed by atoms with Gasteiger partial charge in [-0.15, -0.1) is 0 Å². The highest BCUT2D eigenvalue weighted by Crippen LogP contribution is 2.08. The summed E-state index contributed by atoms with van der Waals surface area (Å²) in [5.74, 6) is 0.232. The van der Waals surface area contributed by atoms with E-state index in [-0.39, 0.29) is 5.82 Å². The number of nitro groups is 1. The van der Waals surface area contributed by atoms with Gasteiger partial charge in [0.1, 0.15) is 5.82 Å². The number of aromatic nitrogens is 2. The van der Waals surface area contributed by atoms with E-state index in [1.807, 2.05) is 0 Å². The minimum absolute atomic E-state index is 0.204. The Bertz CT molecular complexity index is 275. The number of nitrogens with zero attached hydrogens (tertiary/aromatic N) is 3. The minimum Gasteiger partial charge on any atom is -0.373 e. The molecule has 0 aromatic carbocycles. The van der Waals surface area contributed by atoms with Crippen molar-refractivity contribution >= 4 is 11.6 Å². The zero-order chi connectivity index (χ0) is 8.27. The molecule has 6 heteroatoms. The summed E-state index contributed by atoms with van der Waals surface area (Å²) in [4.78, 5) is 16.7. The topological polar surface area (TPSA) is 81.0 Å². The Labute approximate surface area is 62.4 Å². The second-order valence-electron chi connectivity index (χ2n) is 1.77. The van der Waals surface area contributed by atoms with E-state index in [9.17, 15) is 10.1 Å². The van der Waals surface area contributed by atoms with Crippen molar-refractivity contribution in [3.63, 3.8) is 0 Å². The van der Waals surface area contributed by atoms with Crippen LogP contribution in [-0.4, -0.2) is 21.9 Å². The first-order valence-corrected chi connectivity index (χ1v) is 2.88. The first-order chi connectivity index (χ1) is 5.24. The molecule has 1 heterocycles. The molecule has 0 radical (unpaired) electrons. The molecule has 0 saturated carbocycles. The van der Waals surface area contributed by atoms with Gasteiger partial charge < -0.3 is 15.4 Å². The van der Waals surface area contributed by atoms with Crippen molar-refractivity contribution in [1.82, 2.24) is 9.97 Å². The maximum Gasteiger partial charge on any atom is 0.368 e. The zero-order valence-electron chi connectivity index (χ0n) is 5.81. The lowest BCUT2D eigenvalue weighted by atomic mass is 10.5. The van der Waals surface area contributed by atoms with Crippen LogP contribution >= 0.6 is 0 Å². The molecule has 0 saturated heterocycles. The van der Waals surface area contributed by atoms with Crippen molar-refractivity contribution in [2.45, 2.75) is 0 Å². The molecule has 0 aliphatic carbocycles. The third kappa shape index (κ3) is 1.60. The Morgan fingerprint density at radius 3 is 2.91 bits per heavy atom. The van der Waals surface area contributed by atoms with Gasteiger partial charge in [-0.3, -0.25) is 0 Å². The predicted molar refractivity (Wildman–Crippen MR) is 38.2 cm³/mol. The van der Waals surface area contributed by atoms with Crippen LogP contribution in [0.25, 0.3) is 0 Å². The second-order valence-corrected chi connectivity index (χ2v) is 1.77. The third-order valence-corrected chi connectivity index (χ3v) is 1.10. The van der Waals surface area contributed by atoms with Crippen LogP contribution in [-0.2, 0) is 0 Å². The quantitative estimate of drug-likeness (QED) is 0.493. The molecule has 0 bridgehead atoms. The third-order valence-electron chi connectivity index (χ3n) is 1.10. The summed E-state index contributed by atoms with van der Waals surface area (Å²) in [7, 11) is 1.63. The van der Waals surface area contributed by atoms with Crippen LogP contribution in [0.3, 0.4) is 0 Å². The van der Waals surface area contributed by atoms with E-state index in [2.05, 4.69) is 15.3 Å². The Hall–Kier alpha value is -1.72. The van der Waals surface area contributed by atoms with Crippen molar-refractivity contribution in [2.24, 2.45) is 0 Å². The van der Waals surface area contributed by atoms with Crippen molar-refractivity contribution in [2.75, 3.05) is 12.4 Å². The molecule has 1 aromatic rings. The lowest BCUT2D eigenvalue weighted by Gasteiger charge is -1.95. The molecule has 0 aliphatic rings. The first-order valence-electron chi connectivity index (χ1n) is 2.88. The van der Waals surface area contributed by atoms with E-state index in [0.717, 1.165) is 6.33 Å². The molecule has 58 valence electrons. The molecular weight excluding hydrogens is 148 g/mol. The van der Waals surface area contributed by atoms with Gasteiger partial charge in [0.05, 0.1) is 6.07 Å². The average molecular weight is 154 g/mol. The number of nitrogens with one attached hydrogen (secondary N) is 1. The highest BCUT2D eigenvalue weighted by atomic mass is 16.6. The second kappa shape index (κ2) is 2.91. The summed E-state index contributed by atoms with van der Waals surface area (Å²) in [5, 5.41) is 12.8. The van der Waals surface area contributed by atoms with Gasteiger partial charge >= 0.3 is 5.82 Å². The summed E-state index contributed by atoms with van der Waals surface area (Å²) >= 11 is 0. The highest BCUT2D eigenvalue weighted by molar-refractivity contribution is 5.38. The van der Waals surface area contributed by atoms with Gasteiger partial charge in [-0.2, -0.15) is 4.98 Å². The standard InChI is InChI=1S/C5H6N4O2/c1-6-4-2-5(9(10)11)8-3-7-4/h2-3H,1H3,(H,6,7,8). The molecule has 0 amide bonds. The lowest BCUT2D eigenvalue weighted by Crippen LogP contribution is -1.96. The summed E-state index contributed by atoms with van der Waals surface area (Å²) in [6, 6.07) is 1.26. The average Bonchev–Trinajstić information content (AvgIpc) is 2.05. The van der Waals surface area contributed by atoms with E-state index in [1.54, 1.807) is 7.05 Å². The van der Waals surface area contributed by atoms with Gasteiger partial charge in [0.15, 0.2) is 0 Å². The fourth-order valence-corrected chi connectivity index (χ4v) is 0.584. The maximum absolute atomic E-state index is 10.2. The molecule has 6 nitrogen and oxygen atoms in total. The maximum atomic E-state index is 10.2. The number of anilines is 1. The zero-order valence-corrected chi connectivity index (χ0v) is 5.81. The Morgan fingerprint density at radius 1 is 1.64 bits per heavy atom. The van der Waals surface area contributed by atoms with Crippen LogP contribution < -0.4 is 5.32 Å². The monoisotopic (exact) mass is 154 g/mol. The molecule has 0 fully saturated rings. The largest absolute Gasteiger partial charge is 0.373 e. The molecule has 1 rings (SSSR count). The summed E-state index contributed by atoms with van der Waals surface area (Å²) in [6.07, 6.45) is 1.14. The molecule has 11 heavy (non-hydrogen) atoms. The normalized spacial score (nSPS) is 9.18. The van der Waals surface area contributed by atoms with Gasteiger partial charge in [-0.1, -0.05) is 0 Å². The van der Waals surface area contributed by atoms with Crippen molar-refractivity contribution in [3.05, 3.63) is 22.5 Å². The van der Waals surface area contributed by atoms with Crippen LogP contribution in [0.1, 0.15) is 0 Å². The molecule has 1 aromatic heterocycles. The van der Waals surface area contributed by atoms with Crippen LogP contribution in [0.4, 0.5) is 11.6 Å². The molecule has 0 aliphatic heterocycles. The first kappa shape index (κ1) is 7.39. The fraction of sp³-hybridized carbons (Fsp3) is 0.200. The van der Waals surface area contributed by atoms with E-state index >= 15 is 0 Å². The molecule has 0 unspecified atom stereocenters. The van der Waals surface area contributed by atoms with Crippen LogP contribution in [0, 0.1) is 10.1 Å². The minimum atomic E-state index is -0.567. The van der Waals surface area contributed by atoms with Gasteiger partial charge in [0.2, 0.25) is 6.33 Å². The van der Waals surface area contributed by atoms with E-state index in [0.29, 0.717) is 5.82 Å². The van der Waals surface area contributed by atoms with Crippen molar-refractivity contribution in [3.8, 4) is 0 Å². The van der Waals surface area contributed by atoms with E-state index in [1.165, 1.54) is 6.07 Å². The van der Waals surface area contributed by atoms with Crippen LogP contribution in [0.5, 0.6) is 0 Å². The van der Waals surface area contributed by atoms with Gasteiger partial charge in [-0.25, -0.2) is 0 Å². The van der Waals surface area contributed by atoms with Crippen LogP contribution in [0.15, 0.2) is 12.4 Å². The lowest BCUT2D eigenvalue weighted by molar-refractivity contribution is -0.389. The molecular formula is C5H6N4O2. The molecule has 0 spiro atoms. The number of hydrogen-bond donors (Lipinski definition) is 1. The van der Waals surface area contributed by atoms with E-state index in [4.69, 9.17) is 0 Å². The Morgan fingerprint density at radius 2 is 2.36 bits per heavy atom. The molecule has 1 N–H and O–H groups in total. The van der Waals surface area contributed by atoms with Crippen molar-refractivity contribution in [1.29, 1.82) is 0 Å². The Kier molecular flexibility index (Phi) is 1.95. The highest BCUT2D eigenvalue weighted by Gasteiger charge is 2.06. The smallest absolute Gasteiger partial charge is 0.368 e. The van der Waals surface area contributed by atoms with E-state index < -0.39 is 4.92 Å². The van der Waals surface area contributed by atoms with Gasteiger partial charge in [0, 0.05) is 7.05 Å². The molecule has 0 atom stereocenters. The number of hydrogen-bond acceptors (Lipinski definition) is 5. The summed E-state index contributed by atoms with van der Waals surface area (Å²) < 4.78 is 0. The van der Waals surface area contributed by atoms with Crippen LogP contribution in [0.2, 0.25) is 0 Å². The SMILES string of the molecule is CNc1cc([N+](=O)[O-])ncn1. The van der Waals surface area contributed by atoms with Gasteiger partial charge in [0.25, 0.3) is 0 Å². The predicted octanol–water partition coefficient (Wildman–Crippen LogP) is 0.426. The van der Waals surface area contributed by atoms with Crippen molar-refractivity contribution < 1.29 is 4.92 Å². The summed E-state index contributed by atoms with van der Waals surface area (Å²) in [5.41, 5.74) is 0. The summed E-state index contributed by atoms with van der Waals surface area (Å²) in [6.45, 7) is 0. The number of rotatable bonds is 2. The van der Waals surface area contributed by atoms with Gasteiger partial charge in [-0.05, 0) is 9.91 Å². The fourth-order valence-electron chi connectivity index (χ4n) is 0.584. The Balaban J connectivity index is 3.01.